The average Bonchev–Trinajstić information content (AvgIpc) is 2.23. The zero-order chi connectivity index (χ0) is 14.0. The van der Waals surface area contributed by atoms with Crippen molar-refractivity contribution in [1.29, 1.82) is 0 Å². The molecule has 0 radical (unpaired) electrons. The maximum absolute atomic E-state index is 13.1. The van der Waals surface area contributed by atoms with Crippen molar-refractivity contribution in [3.8, 4) is 0 Å². The molecule has 0 nitrogen and oxygen atoms in total. The highest BCUT2D eigenvalue weighted by atomic mass is 19.4. The number of benzene rings is 1. The first-order valence-corrected chi connectivity index (χ1v) is 6.37. The Bertz CT molecular complexity index is 397. The minimum atomic E-state index is -4.27. The van der Waals surface area contributed by atoms with Crippen molar-refractivity contribution >= 4 is 0 Å². The molecular formula is C15H21F3. The Balaban J connectivity index is 3.22. The maximum atomic E-state index is 13.1. The van der Waals surface area contributed by atoms with E-state index in [0.29, 0.717) is 12.0 Å². The van der Waals surface area contributed by atoms with Crippen LogP contribution in [0, 0.1) is 0 Å². The molecule has 1 rings (SSSR count). The van der Waals surface area contributed by atoms with E-state index in [-0.39, 0.29) is 0 Å². The van der Waals surface area contributed by atoms with Gasteiger partial charge in [0.25, 0.3) is 0 Å². The van der Waals surface area contributed by atoms with Crippen LogP contribution in [0.1, 0.15) is 57.2 Å². The lowest BCUT2D eigenvalue weighted by Crippen LogP contribution is -2.19. The molecule has 0 fully saturated rings. The van der Waals surface area contributed by atoms with E-state index in [1.807, 2.05) is 33.8 Å². The smallest absolute Gasteiger partial charge is 0.166 e. The summed E-state index contributed by atoms with van der Waals surface area (Å²) in [6.45, 7) is 7.46. The molecule has 0 aliphatic carbocycles. The summed E-state index contributed by atoms with van der Waals surface area (Å²) >= 11 is 0. The van der Waals surface area contributed by atoms with Crippen LogP contribution < -0.4 is 0 Å². The topological polar surface area (TPSA) is 0 Å². The van der Waals surface area contributed by atoms with E-state index in [2.05, 4.69) is 0 Å². The molecule has 0 N–H and O–H groups in total. The zero-order valence-corrected chi connectivity index (χ0v) is 11.5. The summed E-state index contributed by atoms with van der Waals surface area (Å²) in [5, 5.41) is 0. The van der Waals surface area contributed by atoms with E-state index in [1.54, 1.807) is 6.07 Å². The highest BCUT2D eigenvalue weighted by Crippen LogP contribution is 2.38. The van der Waals surface area contributed by atoms with Crippen LogP contribution >= 0.6 is 0 Å². The van der Waals surface area contributed by atoms with Gasteiger partial charge in [-0.05, 0) is 35.4 Å². The summed E-state index contributed by atoms with van der Waals surface area (Å²) in [7, 11) is 0. The summed E-state index contributed by atoms with van der Waals surface area (Å²) in [5.74, 6) is 0. The largest absolute Gasteiger partial charge is 0.416 e. The Labute approximate surface area is 107 Å². The quantitative estimate of drug-likeness (QED) is 0.686. The van der Waals surface area contributed by atoms with Gasteiger partial charge in [-0.25, -0.2) is 0 Å². The van der Waals surface area contributed by atoms with Crippen LogP contribution in [0.25, 0.3) is 0 Å². The summed E-state index contributed by atoms with van der Waals surface area (Å²) < 4.78 is 39.2. The van der Waals surface area contributed by atoms with Crippen LogP contribution in [0.3, 0.4) is 0 Å². The van der Waals surface area contributed by atoms with Crippen LogP contribution in [0.5, 0.6) is 0 Å². The normalized spacial score (nSPS) is 12.8. The molecular weight excluding hydrogens is 237 g/mol. The van der Waals surface area contributed by atoms with Gasteiger partial charge in [-0.15, -0.1) is 0 Å². The third kappa shape index (κ3) is 3.76. The van der Waals surface area contributed by atoms with Crippen molar-refractivity contribution in [2.24, 2.45) is 0 Å². The number of aryl methyl sites for hydroxylation is 1. The minimum Gasteiger partial charge on any atom is -0.166 e. The van der Waals surface area contributed by atoms with Gasteiger partial charge in [-0.1, -0.05) is 46.2 Å². The molecule has 3 heteroatoms. The fraction of sp³-hybridized carbons (Fsp3) is 0.600. The summed E-state index contributed by atoms with van der Waals surface area (Å²) in [4.78, 5) is 0. The maximum Gasteiger partial charge on any atom is 0.416 e. The zero-order valence-electron chi connectivity index (χ0n) is 11.5. The first-order valence-electron chi connectivity index (χ1n) is 6.37. The van der Waals surface area contributed by atoms with Crippen molar-refractivity contribution in [2.45, 2.75) is 58.5 Å². The third-order valence-electron chi connectivity index (χ3n) is 3.02. The van der Waals surface area contributed by atoms with E-state index in [9.17, 15) is 13.2 Å². The molecule has 1 aromatic carbocycles. The molecule has 0 saturated heterocycles. The Hall–Kier alpha value is -0.990. The van der Waals surface area contributed by atoms with Gasteiger partial charge in [-0.3, -0.25) is 0 Å². The second-order valence-electron chi connectivity index (χ2n) is 5.73. The molecule has 0 heterocycles. The van der Waals surface area contributed by atoms with Gasteiger partial charge >= 0.3 is 6.18 Å². The van der Waals surface area contributed by atoms with Gasteiger partial charge in [0.05, 0.1) is 5.56 Å². The summed E-state index contributed by atoms with van der Waals surface area (Å²) in [5.41, 5.74) is 0.171. The van der Waals surface area contributed by atoms with E-state index in [1.165, 1.54) is 6.07 Å². The number of hydrogen-bond acceptors (Lipinski definition) is 0. The molecule has 0 atom stereocenters. The van der Waals surface area contributed by atoms with Gasteiger partial charge in [0.15, 0.2) is 0 Å². The lowest BCUT2D eigenvalue weighted by Gasteiger charge is -2.24. The second kappa shape index (κ2) is 5.33. The first kappa shape index (κ1) is 15.1. The molecule has 1 aromatic rings. The van der Waals surface area contributed by atoms with Crippen molar-refractivity contribution in [1.82, 2.24) is 0 Å². The van der Waals surface area contributed by atoms with Crippen LogP contribution in [0.4, 0.5) is 13.2 Å². The number of hydrogen-bond donors (Lipinski definition) is 0. The Kier molecular flexibility index (Phi) is 4.46. The van der Waals surface area contributed by atoms with E-state index in [4.69, 9.17) is 0 Å². The molecule has 0 aliphatic heterocycles. The van der Waals surface area contributed by atoms with Gasteiger partial charge in [-0.2, -0.15) is 13.2 Å². The minimum absolute atomic E-state index is 0.371. The van der Waals surface area contributed by atoms with Gasteiger partial charge in [0, 0.05) is 0 Å². The molecule has 0 amide bonds. The van der Waals surface area contributed by atoms with Crippen LogP contribution in [0.15, 0.2) is 18.2 Å². The molecule has 0 bridgehead atoms. The van der Waals surface area contributed by atoms with Gasteiger partial charge < -0.3 is 0 Å². The fourth-order valence-corrected chi connectivity index (χ4v) is 2.02. The number of alkyl halides is 3. The Morgan fingerprint density at radius 3 is 2.06 bits per heavy atom. The standard InChI is InChI=1S/C15H21F3/c1-5-6-7-11-8-9-12(14(2,3)4)13(10-11)15(16,17)18/h8-10H,5-7H2,1-4H3. The summed E-state index contributed by atoms with van der Waals surface area (Å²) in [6, 6.07) is 4.77. The van der Waals surface area contributed by atoms with E-state index >= 15 is 0 Å². The Morgan fingerprint density at radius 2 is 1.61 bits per heavy atom. The number of rotatable bonds is 3. The third-order valence-corrected chi connectivity index (χ3v) is 3.02. The van der Waals surface area contributed by atoms with Crippen LogP contribution in [-0.4, -0.2) is 0 Å². The first-order chi connectivity index (χ1) is 8.16. The van der Waals surface area contributed by atoms with Crippen molar-refractivity contribution < 1.29 is 13.2 Å². The summed E-state index contributed by atoms with van der Waals surface area (Å²) in [6.07, 6.45) is -1.65. The molecule has 102 valence electrons. The molecule has 18 heavy (non-hydrogen) atoms. The lowest BCUT2D eigenvalue weighted by atomic mass is 9.82. The van der Waals surface area contributed by atoms with Crippen molar-refractivity contribution in [2.75, 3.05) is 0 Å². The predicted octanol–water partition coefficient (Wildman–Crippen LogP) is 5.35. The molecule has 0 aromatic heterocycles. The van der Waals surface area contributed by atoms with Gasteiger partial charge in [0.2, 0.25) is 0 Å². The molecule has 0 spiro atoms. The highest BCUT2D eigenvalue weighted by Gasteiger charge is 2.36. The van der Waals surface area contributed by atoms with Crippen molar-refractivity contribution in [3.63, 3.8) is 0 Å². The van der Waals surface area contributed by atoms with Crippen LogP contribution in [-0.2, 0) is 18.0 Å². The monoisotopic (exact) mass is 258 g/mol. The second-order valence-corrected chi connectivity index (χ2v) is 5.73. The van der Waals surface area contributed by atoms with Crippen molar-refractivity contribution in [3.05, 3.63) is 34.9 Å². The Morgan fingerprint density at radius 1 is 1.00 bits per heavy atom. The van der Waals surface area contributed by atoms with E-state index < -0.39 is 17.2 Å². The average molecular weight is 258 g/mol. The van der Waals surface area contributed by atoms with Gasteiger partial charge in [0.1, 0.15) is 0 Å². The highest BCUT2D eigenvalue weighted by molar-refractivity contribution is 5.38. The SMILES string of the molecule is CCCCc1ccc(C(C)(C)C)c(C(F)(F)F)c1. The van der Waals surface area contributed by atoms with Crippen LogP contribution in [0.2, 0.25) is 0 Å². The molecule has 0 aliphatic rings. The van der Waals surface area contributed by atoms with E-state index in [0.717, 1.165) is 18.4 Å². The predicted molar refractivity (Wildman–Crippen MR) is 68.8 cm³/mol. The number of unbranched alkanes of at least 4 members (excludes halogenated alkanes) is 1. The number of halogens is 3. The molecule has 0 unspecified atom stereocenters. The lowest BCUT2D eigenvalue weighted by molar-refractivity contribution is -0.138. The molecule has 0 saturated carbocycles. The fourth-order valence-electron chi connectivity index (χ4n) is 2.02.